The summed E-state index contributed by atoms with van der Waals surface area (Å²) >= 11 is 0. The van der Waals surface area contributed by atoms with E-state index in [2.05, 4.69) is 29.3 Å². The van der Waals surface area contributed by atoms with E-state index < -0.39 is 0 Å². The van der Waals surface area contributed by atoms with Crippen molar-refractivity contribution in [3.63, 3.8) is 0 Å². The van der Waals surface area contributed by atoms with E-state index in [1.807, 2.05) is 12.1 Å². The van der Waals surface area contributed by atoms with Crippen LogP contribution in [0.3, 0.4) is 0 Å². The van der Waals surface area contributed by atoms with Gasteiger partial charge < -0.3 is 5.32 Å². The van der Waals surface area contributed by atoms with Crippen molar-refractivity contribution in [2.45, 2.75) is 45.6 Å². The Morgan fingerprint density at radius 2 is 1.75 bits per heavy atom. The average molecular weight is 274 g/mol. The Kier molecular flexibility index (Phi) is 6.06. The lowest BCUT2D eigenvalue weighted by Gasteiger charge is -2.19. The van der Waals surface area contributed by atoms with Crippen LogP contribution in [0.15, 0.2) is 24.3 Å². The van der Waals surface area contributed by atoms with Crippen LogP contribution in [0.4, 0.5) is 0 Å². The smallest absolute Gasteiger partial charge is 0.251 e. The zero-order valence-corrected chi connectivity index (χ0v) is 12.5. The lowest BCUT2D eigenvalue weighted by atomic mass is 10.1. The second kappa shape index (κ2) is 8.05. The number of carbonyl (C=O) groups excluding carboxylic acids is 1. The van der Waals surface area contributed by atoms with Gasteiger partial charge in [0, 0.05) is 18.7 Å². The van der Waals surface area contributed by atoms with E-state index in [9.17, 15) is 4.79 Å². The molecule has 0 aromatic heterocycles. The topological polar surface area (TPSA) is 32.3 Å². The normalized spacial score (nSPS) is 16.6. The van der Waals surface area contributed by atoms with E-state index in [1.165, 1.54) is 44.3 Å². The summed E-state index contributed by atoms with van der Waals surface area (Å²) in [4.78, 5) is 14.4. The van der Waals surface area contributed by atoms with Crippen LogP contribution < -0.4 is 5.32 Å². The molecule has 0 saturated carbocycles. The van der Waals surface area contributed by atoms with Gasteiger partial charge in [0.15, 0.2) is 0 Å². The van der Waals surface area contributed by atoms with Gasteiger partial charge in [0.2, 0.25) is 0 Å². The Morgan fingerprint density at radius 3 is 2.35 bits per heavy atom. The molecule has 0 bridgehead atoms. The Morgan fingerprint density at radius 1 is 1.10 bits per heavy atom. The summed E-state index contributed by atoms with van der Waals surface area (Å²) in [5.74, 6) is 0.0353. The number of rotatable bonds is 5. The number of hydrogen-bond acceptors (Lipinski definition) is 2. The van der Waals surface area contributed by atoms with Crippen LogP contribution in [-0.2, 0) is 6.54 Å². The largest absolute Gasteiger partial charge is 0.352 e. The van der Waals surface area contributed by atoms with Gasteiger partial charge in [-0.25, -0.2) is 0 Å². The molecule has 0 aliphatic carbocycles. The molecule has 1 N–H and O–H groups in total. The number of hydrogen-bond donors (Lipinski definition) is 1. The molecular formula is C17H26N2O. The Bertz CT molecular complexity index is 406. The van der Waals surface area contributed by atoms with E-state index >= 15 is 0 Å². The number of likely N-dealkylation sites (tertiary alicyclic amines) is 1. The predicted octanol–water partition coefficient (Wildman–Crippen LogP) is 3.20. The van der Waals surface area contributed by atoms with Gasteiger partial charge in [0.05, 0.1) is 0 Å². The number of benzene rings is 1. The van der Waals surface area contributed by atoms with Gasteiger partial charge in [0.1, 0.15) is 0 Å². The number of carbonyl (C=O) groups is 1. The molecule has 1 amide bonds. The standard InChI is InChI=1S/C17H26N2O/c1-2-11-18-17(20)16-9-7-15(8-10-16)14-19-12-5-3-4-6-13-19/h7-10H,2-6,11-14H2,1H3,(H,18,20). The SMILES string of the molecule is CCCNC(=O)c1ccc(CN2CCCCCC2)cc1. The molecule has 0 unspecified atom stereocenters. The summed E-state index contributed by atoms with van der Waals surface area (Å²) in [6.07, 6.45) is 6.34. The predicted molar refractivity (Wildman–Crippen MR) is 82.8 cm³/mol. The summed E-state index contributed by atoms with van der Waals surface area (Å²) < 4.78 is 0. The van der Waals surface area contributed by atoms with Crippen molar-refractivity contribution in [3.8, 4) is 0 Å². The highest BCUT2D eigenvalue weighted by Gasteiger charge is 2.10. The molecule has 0 atom stereocenters. The zero-order valence-electron chi connectivity index (χ0n) is 12.5. The molecule has 3 nitrogen and oxygen atoms in total. The molecule has 1 aliphatic rings. The fourth-order valence-electron chi connectivity index (χ4n) is 2.65. The Labute approximate surface area is 122 Å². The summed E-state index contributed by atoms with van der Waals surface area (Å²) in [5.41, 5.74) is 2.07. The third kappa shape index (κ3) is 4.64. The number of amides is 1. The highest BCUT2D eigenvalue weighted by molar-refractivity contribution is 5.94. The summed E-state index contributed by atoms with van der Waals surface area (Å²) in [5, 5.41) is 2.91. The van der Waals surface area contributed by atoms with Crippen LogP contribution in [-0.4, -0.2) is 30.4 Å². The van der Waals surface area contributed by atoms with Crippen molar-refractivity contribution in [2.75, 3.05) is 19.6 Å². The van der Waals surface area contributed by atoms with Crippen molar-refractivity contribution in [1.29, 1.82) is 0 Å². The van der Waals surface area contributed by atoms with Gasteiger partial charge in [-0.2, -0.15) is 0 Å². The lowest BCUT2D eigenvalue weighted by Crippen LogP contribution is -2.25. The van der Waals surface area contributed by atoms with Crippen molar-refractivity contribution in [2.24, 2.45) is 0 Å². The number of nitrogens with one attached hydrogen (secondary N) is 1. The summed E-state index contributed by atoms with van der Waals surface area (Å²) in [6.45, 7) is 6.23. The molecular weight excluding hydrogens is 248 g/mol. The first-order chi connectivity index (χ1) is 9.79. The maximum absolute atomic E-state index is 11.8. The highest BCUT2D eigenvalue weighted by Crippen LogP contribution is 2.13. The van der Waals surface area contributed by atoms with Crippen molar-refractivity contribution in [1.82, 2.24) is 10.2 Å². The molecule has 1 fully saturated rings. The first-order valence-corrected chi connectivity index (χ1v) is 7.89. The molecule has 1 aliphatic heterocycles. The van der Waals surface area contributed by atoms with E-state index in [1.54, 1.807) is 0 Å². The summed E-state index contributed by atoms with van der Waals surface area (Å²) in [6, 6.07) is 8.06. The second-order valence-electron chi connectivity index (χ2n) is 5.64. The molecule has 1 aromatic carbocycles. The molecule has 1 saturated heterocycles. The molecule has 1 heterocycles. The van der Waals surface area contributed by atoms with Crippen LogP contribution in [0.1, 0.15) is 54.9 Å². The van der Waals surface area contributed by atoms with E-state index in [-0.39, 0.29) is 5.91 Å². The molecule has 20 heavy (non-hydrogen) atoms. The lowest BCUT2D eigenvalue weighted by molar-refractivity contribution is 0.0953. The quantitative estimate of drug-likeness (QED) is 0.894. The van der Waals surface area contributed by atoms with Crippen molar-refractivity contribution < 1.29 is 4.79 Å². The minimum absolute atomic E-state index is 0.0353. The minimum atomic E-state index is 0.0353. The molecule has 0 spiro atoms. The van der Waals surface area contributed by atoms with Crippen molar-refractivity contribution in [3.05, 3.63) is 35.4 Å². The molecule has 0 radical (unpaired) electrons. The van der Waals surface area contributed by atoms with Gasteiger partial charge in [-0.1, -0.05) is 31.9 Å². The van der Waals surface area contributed by atoms with Crippen LogP contribution in [0.2, 0.25) is 0 Å². The first-order valence-electron chi connectivity index (χ1n) is 7.89. The van der Waals surface area contributed by atoms with Crippen molar-refractivity contribution >= 4 is 5.91 Å². The Balaban J connectivity index is 1.88. The number of nitrogens with zero attached hydrogens (tertiary/aromatic N) is 1. The van der Waals surface area contributed by atoms with Gasteiger partial charge in [0.25, 0.3) is 5.91 Å². The van der Waals surface area contributed by atoms with Crippen LogP contribution in [0, 0.1) is 0 Å². The van der Waals surface area contributed by atoms with Crippen LogP contribution in [0.5, 0.6) is 0 Å². The summed E-state index contributed by atoms with van der Waals surface area (Å²) in [7, 11) is 0. The monoisotopic (exact) mass is 274 g/mol. The second-order valence-corrected chi connectivity index (χ2v) is 5.64. The zero-order chi connectivity index (χ0) is 14.2. The molecule has 2 rings (SSSR count). The first kappa shape index (κ1) is 15.0. The van der Waals surface area contributed by atoms with E-state index in [4.69, 9.17) is 0 Å². The van der Waals surface area contributed by atoms with Gasteiger partial charge in [-0.15, -0.1) is 0 Å². The minimum Gasteiger partial charge on any atom is -0.352 e. The fourth-order valence-corrected chi connectivity index (χ4v) is 2.65. The third-order valence-electron chi connectivity index (χ3n) is 3.86. The van der Waals surface area contributed by atoms with E-state index in [0.717, 1.165) is 25.1 Å². The fraction of sp³-hybridized carbons (Fsp3) is 0.588. The Hall–Kier alpha value is -1.35. The van der Waals surface area contributed by atoms with Gasteiger partial charge in [-0.3, -0.25) is 9.69 Å². The molecule has 3 heteroatoms. The van der Waals surface area contributed by atoms with Crippen LogP contribution >= 0.6 is 0 Å². The van der Waals surface area contributed by atoms with Gasteiger partial charge in [-0.05, 0) is 50.0 Å². The average Bonchev–Trinajstić information content (AvgIpc) is 2.74. The molecule has 110 valence electrons. The maximum atomic E-state index is 11.8. The van der Waals surface area contributed by atoms with E-state index in [0.29, 0.717) is 0 Å². The highest BCUT2D eigenvalue weighted by atomic mass is 16.1. The molecule has 1 aromatic rings. The third-order valence-corrected chi connectivity index (χ3v) is 3.86. The van der Waals surface area contributed by atoms with Crippen LogP contribution in [0.25, 0.3) is 0 Å². The maximum Gasteiger partial charge on any atom is 0.251 e. The van der Waals surface area contributed by atoms with Gasteiger partial charge >= 0.3 is 0 Å².